The van der Waals surface area contributed by atoms with E-state index in [9.17, 15) is 4.79 Å². The van der Waals surface area contributed by atoms with Crippen LogP contribution in [-0.2, 0) is 6.42 Å². The second-order valence-corrected chi connectivity index (χ2v) is 6.56. The van der Waals surface area contributed by atoms with E-state index in [0.717, 1.165) is 42.9 Å². The minimum Gasteiger partial charge on any atom is -0.361 e. The molecule has 7 nitrogen and oxygen atoms in total. The van der Waals surface area contributed by atoms with Gasteiger partial charge in [0.15, 0.2) is 0 Å². The Morgan fingerprint density at radius 3 is 2.96 bits per heavy atom. The number of amides is 1. The highest BCUT2D eigenvalue weighted by molar-refractivity contribution is 5.92. The monoisotopic (exact) mass is 367 g/mol. The topological polar surface area (TPSA) is 85.0 Å². The summed E-state index contributed by atoms with van der Waals surface area (Å²) in [5.74, 6) is 0.666. The predicted octanol–water partition coefficient (Wildman–Crippen LogP) is 2.20. The number of carbonyl (C=O) groups is 1. The number of halogens is 1. The highest BCUT2D eigenvalue weighted by Gasteiger charge is 2.19. The molecule has 2 atom stereocenters. The maximum atomic E-state index is 12.4. The largest absolute Gasteiger partial charge is 0.361 e. The van der Waals surface area contributed by atoms with Crippen LogP contribution in [0.3, 0.4) is 0 Å². The molecule has 1 aliphatic heterocycles. The van der Waals surface area contributed by atoms with Crippen LogP contribution in [0.25, 0.3) is 0 Å². The van der Waals surface area contributed by atoms with Crippen LogP contribution in [0.1, 0.15) is 53.3 Å². The van der Waals surface area contributed by atoms with Gasteiger partial charge in [0.05, 0.1) is 11.7 Å². The molecule has 0 radical (unpaired) electrons. The Balaban J connectivity index is 0.00000225. The van der Waals surface area contributed by atoms with Gasteiger partial charge >= 0.3 is 0 Å². The van der Waals surface area contributed by atoms with Crippen LogP contribution < -0.4 is 10.6 Å². The van der Waals surface area contributed by atoms with E-state index in [1.54, 1.807) is 6.07 Å². The zero-order valence-corrected chi connectivity index (χ0v) is 15.7. The van der Waals surface area contributed by atoms with Gasteiger partial charge in [-0.2, -0.15) is 5.10 Å². The lowest BCUT2D eigenvalue weighted by atomic mass is 10.1. The van der Waals surface area contributed by atoms with Crippen molar-refractivity contribution < 1.29 is 9.32 Å². The fraction of sp³-hybridized carbons (Fsp3) is 0.588. The van der Waals surface area contributed by atoms with Gasteiger partial charge < -0.3 is 15.2 Å². The Kier molecular flexibility index (Phi) is 6.61. The summed E-state index contributed by atoms with van der Waals surface area (Å²) in [6, 6.07) is 2.10. The molecule has 3 rings (SSSR count). The molecule has 0 bridgehead atoms. The second kappa shape index (κ2) is 8.49. The van der Waals surface area contributed by atoms with Crippen molar-refractivity contribution in [3.63, 3.8) is 0 Å². The Hall–Kier alpha value is -1.86. The molecule has 0 saturated carbocycles. The lowest BCUT2D eigenvalue weighted by Crippen LogP contribution is -2.35. The molecule has 3 heterocycles. The Bertz CT molecular complexity index is 686. The average molecular weight is 368 g/mol. The summed E-state index contributed by atoms with van der Waals surface area (Å²) in [5, 5.41) is 14.8. The number of aromatic nitrogens is 3. The summed E-state index contributed by atoms with van der Waals surface area (Å²) >= 11 is 0. The predicted molar refractivity (Wildman–Crippen MR) is 97.2 cm³/mol. The van der Waals surface area contributed by atoms with Crippen molar-refractivity contribution in [2.75, 3.05) is 13.1 Å². The summed E-state index contributed by atoms with van der Waals surface area (Å²) in [7, 11) is 0. The molecule has 25 heavy (non-hydrogen) atoms. The van der Waals surface area contributed by atoms with Gasteiger partial charge in [-0.3, -0.25) is 9.48 Å². The number of aryl methyl sites for hydroxylation is 2. The second-order valence-electron chi connectivity index (χ2n) is 6.56. The summed E-state index contributed by atoms with van der Waals surface area (Å²) in [4.78, 5) is 12.4. The van der Waals surface area contributed by atoms with Crippen molar-refractivity contribution in [3.05, 3.63) is 35.0 Å². The van der Waals surface area contributed by atoms with Gasteiger partial charge in [0.2, 0.25) is 0 Å². The summed E-state index contributed by atoms with van der Waals surface area (Å²) < 4.78 is 7.07. The number of nitrogens with one attached hydrogen (secondary N) is 2. The van der Waals surface area contributed by atoms with Crippen LogP contribution in [0.5, 0.6) is 0 Å². The quantitative estimate of drug-likeness (QED) is 0.846. The highest BCUT2D eigenvalue weighted by Crippen LogP contribution is 2.16. The molecule has 2 aromatic rings. The molecule has 138 valence electrons. The molecule has 0 aliphatic carbocycles. The fourth-order valence-corrected chi connectivity index (χ4v) is 3.17. The number of rotatable bonds is 5. The smallest absolute Gasteiger partial charge is 0.271 e. The maximum Gasteiger partial charge on any atom is 0.271 e. The highest BCUT2D eigenvalue weighted by atomic mass is 35.5. The molecule has 1 fully saturated rings. The minimum absolute atomic E-state index is 0. The van der Waals surface area contributed by atoms with E-state index in [1.807, 2.05) is 31.6 Å². The van der Waals surface area contributed by atoms with E-state index in [-0.39, 0.29) is 24.4 Å². The van der Waals surface area contributed by atoms with Gasteiger partial charge in [-0.05, 0) is 52.6 Å². The molecule has 0 aromatic carbocycles. The molecular weight excluding hydrogens is 342 g/mol. The molecule has 1 saturated heterocycles. The molecule has 2 N–H and O–H groups in total. The lowest BCUT2D eigenvalue weighted by molar-refractivity contribution is 0.0933. The third-order valence-electron chi connectivity index (χ3n) is 4.55. The van der Waals surface area contributed by atoms with Crippen molar-refractivity contribution in [2.45, 2.75) is 52.1 Å². The number of nitrogens with zero attached hydrogens (tertiary/aromatic N) is 3. The van der Waals surface area contributed by atoms with Crippen molar-refractivity contribution in [1.29, 1.82) is 0 Å². The van der Waals surface area contributed by atoms with Gasteiger partial charge in [-0.15, -0.1) is 12.4 Å². The maximum absolute atomic E-state index is 12.4. The summed E-state index contributed by atoms with van der Waals surface area (Å²) in [6.45, 7) is 7.76. The van der Waals surface area contributed by atoms with Gasteiger partial charge in [-0.1, -0.05) is 5.16 Å². The number of carbonyl (C=O) groups excluding carboxylic acids is 1. The molecule has 2 aromatic heterocycles. The van der Waals surface area contributed by atoms with Gasteiger partial charge in [0.1, 0.15) is 11.5 Å². The van der Waals surface area contributed by atoms with Crippen molar-refractivity contribution >= 4 is 18.3 Å². The van der Waals surface area contributed by atoms with Gasteiger partial charge in [-0.25, -0.2) is 0 Å². The lowest BCUT2D eigenvalue weighted by Gasteiger charge is -2.22. The molecular formula is C17H26ClN5O2. The standard InChI is InChI=1S/C17H25N5O2.ClH/c1-11(9-15-12(2)21-24-13(15)3)19-17(23)16-6-8-22(20-16)14-5-4-7-18-10-14;/h6,8,11,14,18H,4-5,7,9-10H2,1-3H3,(H,19,23);1H. The first-order chi connectivity index (χ1) is 11.5. The van der Waals surface area contributed by atoms with Crippen LogP contribution in [-0.4, -0.2) is 40.0 Å². The van der Waals surface area contributed by atoms with Crippen LogP contribution >= 0.6 is 12.4 Å². The van der Waals surface area contributed by atoms with Crippen molar-refractivity contribution in [1.82, 2.24) is 25.6 Å². The van der Waals surface area contributed by atoms with Crippen molar-refractivity contribution in [2.24, 2.45) is 0 Å². The molecule has 1 amide bonds. The third-order valence-corrected chi connectivity index (χ3v) is 4.55. The third kappa shape index (κ3) is 4.61. The van der Waals surface area contributed by atoms with E-state index in [1.165, 1.54) is 0 Å². The number of hydrogen-bond acceptors (Lipinski definition) is 5. The van der Waals surface area contributed by atoms with E-state index in [4.69, 9.17) is 4.52 Å². The number of hydrogen-bond donors (Lipinski definition) is 2. The van der Waals surface area contributed by atoms with E-state index < -0.39 is 0 Å². The molecule has 1 aliphatic rings. The van der Waals surface area contributed by atoms with E-state index in [2.05, 4.69) is 20.9 Å². The normalized spacial score (nSPS) is 18.4. The summed E-state index contributed by atoms with van der Waals surface area (Å²) in [5.41, 5.74) is 2.40. The Labute approximate surface area is 153 Å². The fourth-order valence-electron chi connectivity index (χ4n) is 3.17. The van der Waals surface area contributed by atoms with Gasteiger partial charge in [0, 0.05) is 24.3 Å². The molecule has 2 unspecified atom stereocenters. The van der Waals surface area contributed by atoms with Crippen LogP contribution in [0.2, 0.25) is 0 Å². The SMILES string of the molecule is Cc1noc(C)c1CC(C)NC(=O)c1ccn(C2CCCNC2)n1.Cl. The zero-order chi connectivity index (χ0) is 17.1. The van der Waals surface area contributed by atoms with Crippen LogP contribution in [0.4, 0.5) is 0 Å². The Morgan fingerprint density at radius 2 is 2.32 bits per heavy atom. The van der Waals surface area contributed by atoms with Crippen LogP contribution in [0, 0.1) is 13.8 Å². The first-order valence-corrected chi connectivity index (χ1v) is 8.53. The van der Waals surface area contributed by atoms with Crippen LogP contribution in [0.15, 0.2) is 16.8 Å². The zero-order valence-electron chi connectivity index (χ0n) is 14.9. The van der Waals surface area contributed by atoms with E-state index >= 15 is 0 Å². The first kappa shape index (κ1) is 19.5. The van der Waals surface area contributed by atoms with E-state index in [0.29, 0.717) is 18.2 Å². The first-order valence-electron chi connectivity index (χ1n) is 8.53. The molecule has 0 spiro atoms. The molecule has 8 heteroatoms. The minimum atomic E-state index is -0.142. The average Bonchev–Trinajstić information content (AvgIpc) is 3.18. The number of piperidine rings is 1. The van der Waals surface area contributed by atoms with Crippen molar-refractivity contribution in [3.8, 4) is 0 Å². The Morgan fingerprint density at radius 1 is 1.52 bits per heavy atom. The van der Waals surface area contributed by atoms with Gasteiger partial charge in [0.25, 0.3) is 5.91 Å². The summed E-state index contributed by atoms with van der Waals surface area (Å²) in [6.07, 6.45) is 4.82.